The van der Waals surface area contributed by atoms with E-state index < -0.39 is 114 Å². The van der Waals surface area contributed by atoms with Gasteiger partial charge in [-0.1, -0.05) is 125 Å². The number of fused-ring (bicyclic) bond motifs is 1. The number of hydrogen-bond donors (Lipinski definition) is 14. The van der Waals surface area contributed by atoms with E-state index in [1.165, 1.54) is 31.6 Å². The molecule has 0 bridgehead atoms. The van der Waals surface area contributed by atoms with Crippen LogP contribution < -0.4 is 60.3 Å². The number of hydrogen-bond acceptors (Lipinski definition) is 13. The van der Waals surface area contributed by atoms with Gasteiger partial charge in [0.15, 0.2) is 6.04 Å². The maximum Gasteiger partial charge on any atom is 0.288 e. The zero-order valence-corrected chi connectivity index (χ0v) is 49.7. The summed E-state index contributed by atoms with van der Waals surface area (Å²) in [4.78, 5) is 135. The van der Waals surface area contributed by atoms with Crippen LogP contribution in [-0.2, 0) is 68.8 Å². The Labute approximate surface area is 509 Å². The number of aromatic nitrogens is 3. The number of imidazole rings is 1. The molecule has 6 aromatic rings. The molecule has 4 aromatic carbocycles. The molecule has 9 atom stereocenters. The highest BCUT2D eigenvalue weighted by atomic mass is 16.3. The molecule has 0 saturated carbocycles. The summed E-state index contributed by atoms with van der Waals surface area (Å²) in [5.74, 6) is -0.402. The maximum absolute atomic E-state index is 14.5. The Morgan fingerprint density at radius 3 is 1.92 bits per heavy atom. The molecule has 0 spiro atoms. The number of nitrogens with one attached hydrogen (secondary N) is 9. The molecule has 0 unspecified atom stereocenters. The predicted molar refractivity (Wildman–Crippen MR) is 326 cm³/mol. The maximum atomic E-state index is 14.5. The lowest BCUT2D eigenvalue weighted by Crippen LogP contribution is -2.59. The van der Waals surface area contributed by atoms with Gasteiger partial charge in [0.1, 0.15) is 36.0 Å². The molecule has 9 amide bonds. The zero-order valence-electron chi connectivity index (χ0n) is 49.7. The van der Waals surface area contributed by atoms with E-state index in [2.05, 4.69) is 57.3 Å². The number of nitrogens with two attached hydrogens (primary N) is 4. The Balaban J connectivity index is 1.18. The monoisotopic (exact) mass is 1210 g/mol. The number of carbonyl (C=O) groups is 9. The van der Waals surface area contributed by atoms with Crippen LogP contribution in [0.1, 0.15) is 100 Å². The van der Waals surface area contributed by atoms with Crippen molar-refractivity contribution in [1.82, 2.24) is 52.2 Å². The zero-order chi connectivity index (χ0) is 63.9. The van der Waals surface area contributed by atoms with Gasteiger partial charge in [0.05, 0.1) is 31.3 Å². The van der Waals surface area contributed by atoms with Crippen LogP contribution in [0.25, 0.3) is 10.9 Å². The van der Waals surface area contributed by atoms with Gasteiger partial charge in [-0.05, 0) is 72.6 Å². The van der Waals surface area contributed by atoms with Crippen molar-refractivity contribution in [2.75, 3.05) is 0 Å². The van der Waals surface area contributed by atoms with Crippen molar-refractivity contribution < 1.29 is 53.1 Å². The van der Waals surface area contributed by atoms with Gasteiger partial charge in [-0.3, -0.25) is 48.5 Å². The summed E-state index contributed by atoms with van der Waals surface area (Å²) in [5.41, 5.74) is 21.2. The summed E-state index contributed by atoms with van der Waals surface area (Å²) in [6.07, 6.45) is 4.35. The average Bonchev–Trinajstić information content (AvgIpc) is 4.17. The molecule has 0 aliphatic carbocycles. The number of rotatable bonds is 34. The highest BCUT2D eigenvalue weighted by molar-refractivity contribution is 5.97. The second kappa shape index (κ2) is 33.1. The van der Waals surface area contributed by atoms with E-state index in [1.54, 1.807) is 80.7 Å². The number of phenolic OH excluding ortho intramolecular Hbond substituents is 1. The van der Waals surface area contributed by atoms with E-state index in [0.29, 0.717) is 35.2 Å². The number of aromatic hydroxyl groups is 1. The van der Waals surface area contributed by atoms with Gasteiger partial charge in [0.2, 0.25) is 47.3 Å². The van der Waals surface area contributed by atoms with E-state index in [4.69, 9.17) is 23.0 Å². The first-order chi connectivity index (χ1) is 42.1. The normalized spacial score (nSPS) is 14.5. The molecule has 88 heavy (non-hydrogen) atoms. The fraction of sp³-hybridized carbons (Fsp3) is 0.387. The Hall–Kier alpha value is -9.98. The molecule has 0 saturated heterocycles. The van der Waals surface area contributed by atoms with Gasteiger partial charge >= 0.3 is 0 Å². The van der Waals surface area contributed by atoms with Crippen LogP contribution in [0.15, 0.2) is 133 Å². The molecular weight excluding hydrogens is 1130 g/mol. The molecule has 2 heterocycles. The number of nitrogens with zero attached hydrogens (tertiary/aromatic N) is 3. The first kappa shape index (κ1) is 67.2. The average molecular weight is 1210 g/mol. The lowest BCUT2D eigenvalue weighted by atomic mass is 9.99. The number of para-hydroxylation sites is 1. The van der Waals surface area contributed by atoms with Gasteiger partial charge in [-0.25, -0.2) is 4.98 Å². The predicted octanol–water partition coefficient (Wildman–Crippen LogP) is 1.63. The molecule has 0 fully saturated rings. The van der Waals surface area contributed by atoms with Crippen molar-refractivity contribution in [3.05, 3.63) is 156 Å². The summed E-state index contributed by atoms with van der Waals surface area (Å²) in [7, 11) is 0. The first-order valence-corrected chi connectivity index (χ1v) is 29.2. The number of H-pyrrole nitrogens is 2. The third-order valence-electron chi connectivity index (χ3n) is 14.6. The van der Waals surface area contributed by atoms with Gasteiger partial charge in [0.25, 0.3) is 12.1 Å². The third-order valence-corrected chi connectivity index (χ3v) is 14.6. The molecule has 26 heteroatoms. The number of benzene rings is 4. The first-order valence-electron chi connectivity index (χ1n) is 29.2. The SMILES string of the molecule is CCCC[C@H](NC(=O)[C@H](Cc1ccccc1)N=[N+](N)[C@H](Cc1cnc[nH]1)NC(=O)C[C@H](NC(=O)[C@@H](NC(=O)[C@H](C)NC(=O)[C@H](Cc1c[nH]c2ccccc12)NC(=O)[C@H](CCC(N)=O)NC(=O)[C@H](N)Cc1ccc(O)cc1)C(C)C)c1ccccc1)C(N)=O. The standard InChI is InChI=1S/C62H80N16O10/c1-5-6-20-47(56(65)82)71-61(87)51(29-38-15-9-7-10-16-38)77-78(66)53(31-42-34-67-35-69-42)75-54(81)32-49(40-17-11-8-12-18-40)73-62(88)55(36(2)3)76-57(83)37(4)70-60(86)50(30-41-33-68-46-21-14-13-19-44(41)46)74-59(85)48(26-27-52(64)80)72-58(84)45(63)28-39-22-24-43(79)25-23-39/h7-19,21-25,33-37,45,47-51,53,55,68H,5-6,20,26-32,63H2,1-4H3,(H14-,64,65,66,67,69,70,71,72,73,74,75,76,77,79,80,81,82,83,84,85,86,87,88)/p+1/t37-,45+,47-,48-,49-,50-,51-,53+,55-/m0/s1. The molecule has 468 valence electrons. The molecule has 0 radical (unpaired) electrons. The third kappa shape index (κ3) is 20.6. The Kier molecular flexibility index (Phi) is 25.2. The minimum Gasteiger partial charge on any atom is -0.508 e. The van der Waals surface area contributed by atoms with Crippen LogP contribution in [0.5, 0.6) is 5.75 Å². The highest BCUT2D eigenvalue weighted by Crippen LogP contribution is 2.22. The fourth-order valence-corrected chi connectivity index (χ4v) is 9.68. The number of azo groups is 1. The molecule has 2 aromatic heterocycles. The number of unbranched alkanes of at least 4 members (excludes halogenated alkanes) is 1. The van der Waals surface area contributed by atoms with E-state index in [1.807, 2.05) is 43.3 Å². The van der Waals surface area contributed by atoms with E-state index in [9.17, 15) is 48.3 Å². The van der Waals surface area contributed by atoms with Crippen LogP contribution in [0, 0.1) is 5.92 Å². The van der Waals surface area contributed by atoms with Crippen molar-refractivity contribution in [1.29, 1.82) is 0 Å². The number of primary amides is 2. The Bertz CT molecular complexity index is 3340. The second-order valence-corrected chi connectivity index (χ2v) is 22.0. The number of amides is 9. The van der Waals surface area contributed by atoms with Crippen LogP contribution in [0.4, 0.5) is 0 Å². The molecule has 6 rings (SSSR count). The second-order valence-electron chi connectivity index (χ2n) is 22.0. The Morgan fingerprint density at radius 2 is 1.27 bits per heavy atom. The minimum atomic E-state index is -1.39. The van der Waals surface area contributed by atoms with Crippen LogP contribution in [-0.4, -0.2) is 126 Å². The summed E-state index contributed by atoms with van der Waals surface area (Å²) in [5, 5.41) is 34.3. The lowest BCUT2D eigenvalue weighted by Gasteiger charge is -2.28. The largest absolute Gasteiger partial charge is 0.508 e. The van der Waals surface area contributed by atoms with Gasteiger partial charge in [-0.2, -0.15) is 5.84 Å². The van der Waals surface area contributed by atoms with Crippen molar-refractivity contribution >= 4 is 64.1 Å². The van der Waals surface area contributed by atoms with Gasteiger partial charge < -0.3 is 64.2 Å². The minimum absolute atomic E-state index is 0.0164. The molecule has 18 N–H and O–H groups in total. The van der Waals surface area contributed by atoms with Crippen LogP contribution >= 0.6 is 0 Å². The fourth-order valence-electron chi connectivity index (χ4n) is 9.68. The van der Waals surface area contributed by atoms with Crippen LogP contribution in [0.3, 0.4) is 0 Å². The molecule has 0 aliphatic heterocycles. The smallest absolute Gasteiger partial charge is 0.288 e. The quantitative estimate of drug-likeness (QED) is 0.00900. The van der Waals surface area contributed by atoms with Crippen molar-refractivity contribution in [3.63, 3.8) is 0 Å². The summed E-state index contributed by atoms with van der Waals surface area (Å²) < 4.78 is 0. The van der Waals surface area contributed by atoms with Crippen molar-refractivity contribution in [2.24, 2.45) is 34.1 Å². The summed E-state index contributed by atoms with van der Waals surface area (Å²) in [6.45, 7) is 6.73. The topological polar surface area (TPSA) is 422 Å². The van der Waals surface area contributed by atoms with Crippen molar-refractivity contribution in [2.45, 2.75) is 146 Å². The molecular formula is C62H81N16O10+. The molecule has 0 aliphatic rings. The van der Waals surface area contributed by atoms with E-state index >= 15 is 0 Å². The lowest BCUT2D eigenvalue weighted by molar-refractivity contribution is -0.645. The van der Waals surface area contributed by atoms with Gasteiger partial charge in [-0.15, -0.1) is 0 Å². The number of hydrazine groups is 1. The van der Waals surface area contributed by atoms with E-state index in [0.717, 1.165) is 27.7 Å². The van der Waals surface area contributed by atoms with E-state index in [-0.39, 0.29) is 50.7 Å². The highest BCUT2D eigenvalue weighted by Gasteiger charge is 2.36. The summed E-state index contributed by atoms with van der Waals surface area (Å²) >= 11 is 0. The number of aromatic amines is 2. The number of carbonyl (C=O) groups excluding carboxylic acids is 9. The number of phenols is 1. The molecule has 26 nitrogen and oxygen atoms in total. The Morgan fingerprint density at radius 1 is 0.636 bits per heavy atom. The van der Waals surface area contributed by atoms with Gasteiger partial charge in [0, 0.05) is 58.2 Å². The summed E-state index contributed by atoms with van der Waals surface area (Å²) in [6, 6.07) is 21.4. The van der Waals surface area contributed by atoms with Crippen molar-refractivity contribution in [3.8, 4) is 5.75 Å². The van der Waals surface area contributed by atoms with Crippen LogP contribution in [0.2, 0.25) is 0 Å².